The van der Waals surface area contributed by atoms with E-state index in [1.54, 1.807) is 6.07 Å². The van der Waals surface area contributed by atoms with Crippen LogP contribution in [0.3, 0.4) is 0 Å². The van der Waals surface area contributed by atoms with E-state index < -0.39 is 11.7 Å². The largest absolute Gasteiger partial charge is 0.366 e. The van der Waals surface area contributed by atoms with E-state index in [9.17, 15) is 9.18 Å². The number of nitrogens with two attached hydrogens (primary N) is 1. The second-order valence-corrected chi connectivity index (χ2v) is 3.83. The predicted molar refractivity (Wildman–Crippen MR) is 58.2 cm³/mol. The number of rotatable bonds is 4. The predicted octanol–water partition coefficient (Wildman–Crippen LogP) is 2.83. The second-order valence-electron chi connectivity index (χ2n) is 3.83. The van der Waals surface area contributed by atoms with E-state index in [1.165, 1.54) is 12.1 Å². The fourth-order valence-corrected chi connectivity index (χ4v) is 1.64. The summed E-state index contributed by atoms with van der Waals surface area (Å²) in [6.07, 6.45) is 2.01. The third-order valence-electron chi connectivity index (χ3n) is 2.50. The maximum Gasteiger partial charge on any atom is 0.248 e. The molecule has 3 heteroatoms. The first kappa shape index (κ1) is 11.7. The molecule has 0 saturated heterocycles. The van der Waals surface area contributed by atoms with Crippen LogP contribution >= 0.6 is 0 Å². The van der Waals surface area contributed by atoms with Gasteiger partial charge < -0.3 is 5.73 Å². The Bertz CT molecular complexity index is 363. The Kier molecular flexibility index (Phi) is 3.83. The lowest BCUT2D eigenvalue weighted by atomic mass is 9.95. The van der Waals surface area contributed by atoms with Crippen molar-refractivity contribution >= 4 is 5.91 Å². The van der Waals surface area contributed by atoms with E-state index >= 15 is 0 Å². The van der Waals surface area contributed by atoms with Crippen molar-refractivity contribution in [1.29, 1.82) is 0 Å². The van der Waals surface area contributed by atoms with Gasteiger partial charge in [-0.15, -0.1) is 0 Å². The molecule has 1 unspecified atom stereocenters. The second kappa shape index (κ2) is 4.91. The fraction of sp³-hybridized carbons (Fsp3) is 0.417. The summed E-state index contributed by atoms with van der Waals surface area (Å²) in [5, 5.41) is 0. The van der Waals surface area contributed by atoms with Crippen LogP contribution in [0, 0.1) is 5.82 Å². The molecule has 82 valence electrons. The highest BCUT2D eigenvalue weighted by molar-refractivity contribution is 5.92. The molecule has 2 nitrogen and oxygen atoms in total. The van der Waals surface area contributed by atoms with Gasteiger partial charge in [0, 0.05) is 5.56 Å². The first-order chi connectivity index (χ1) is 7.04. The van der Waals surface area contributed by atoms with Gasteiger partial charge in [-0.3, -0.25) is 4.79 Å². The highest BCUT2D eigenvalue weighted by atomic mass is 19.1. The zero-order valence-electron chi connectivity index (χ0n) is 9.09. The standard InChI is InChI=1S/C12H16FNO/c1-3-4-8(2)9-5-10(12(14)15)7-11(13)6-9/h5-8H,3-4H2,1-2H3,(H2,14,15). The van der Waals surface area contributed by atoms with Crippen molar-refractivity contribution < 1.29 is 9.18 Å². The summed E-state index contributed by atoms with van der Waals surface area (Å²) in [4.78, 5) is 10.9. The van der Waals surface area contributed by atoms with Crippen LogP contribution in [0.5, 0.6) is 0 Å². The Morgan fingerprint density at radius 2 is 2.13 bits per heavy atom. The molecule has 0 bridgehead atoms. The minimum atomic E-state index is -0.584. The molecular formula is C12H16FNO. The molecule has 0 aliphatic heterocycles. The van der Waals surface area contributed by atoms with Gasteiger partial charge in [0.25, 0.3) is 0 Å². The van der Waals surface area contributed by atoms with Crippen LogP contribution < -0.4 is 5.73 Å². The van der Waals surface area contributed by atoms with Crippen molar-refractivity contribution in [2.75, 3.05) is 0 Å². The summed E-state index contributed by atoms with van der Waals surface area (Å²) in [5.74, 6) is -0.729. The number of amides is 1. The van der Waals surface area contributed by atoms with Gasteiger partial charge in [-0.1, -0.05) is 20.3 Å². The molecule has 1 rings (SSSR count). The summed E-state index contributed by atoms with van der Waals surface area (Å²) >= 11 is 0. The molecule has 0 aliphatic rings. The average Bonchev–Trinajstić information content (AvgIpc) is 2.17. The van der Waals surface area contributed by atoms with Crippen LogP contribution in [0.1, 0.15) is 48.5 Å². The molecule has 2 N–H and O–H groups in total. The van der Waals surface area contributed by atoms with E-state index in [0.29, 0.717) is 0 Å². The van der Waals surface area contributed by atoms with Gasteiger partial charge in [0.2, 0.25) is 5.91 Å². The number of carbonyl (C=O) groups excluding carboxylic acids is 1. The minimum Gasteiger partial charge on any atom is -0.366 e. The van der Waals surface area contributed by atoms with Crippen LogP contribution in [0.4, 0.5) is 4.39 Å². The van der Waals surface area contributed by atoms with Gasteiger partial charge in [0.1, 0.15) is 5.82 Å². The molecule has 1 aromatic carbocycles. The monoisotopic (exact) mass is 209 g/mol. The molecule has 0 saturated carbocycles. The Morgan fingerprint density at radius 3 is 2.67 bits per heavy atom. The number of halogens is 1. The van der Waals surface area contributed by atoms with Crippen LogP contribution in [-0.2, 0) is 0 Å². The molecule has 1 amide bonds. The van der Waals surface area contributed by atoms with Gasteiger partial charge in [0.15, 0.2) is 0 Å². The van der Waals surface area contributed by atoms with Crippen LogP contribution in [-0.4, -0.2) is 5.91 Å². The summed E-state index contributed by atoms with van der Waals surface area (Å²) in [7, 11) is 0. The Hall–Kier alpha value is -1.38. The number of primary amides is 1. The van der Waals surface area contributed by atoms with Gasteiger partial charge >= 0.3 is 0 Å². The first-order valence-corrected chi connectivity index (χ1v) is 5.15. The maximum absolute atomic E-state index is 13.2. The highest BCUT2D eigenvalue weighted by Crippen LogP contribution is 2.22. The quantitative estimate of drug-likeness (QED) is 0.814. The molecule has 0 heterocycles. The smallest absolute Gasteiger partial charge is 0.248 e. The normalized spacial score (nSPS) is 12.5. The van der Waals surface area contributed by atoms with Crippen molar-refractivity contribution in [3.05, 3.63) is 35.1 Å². The zero-order valence-corrected chi connectivity index (χ0v) is 9.09. The number of hydrogen-bond acceptors (Lipinski definition) is 1. The molecule has 15 heavy (non-hydrogen) atoms. The molecule has 0 spiro atoms. The Balaban J connectivity index is 3.03. The van der Waals surface area contributed by atoms with Gasteiger partial charge in [-0.25, -0.2) is 4.39 Å². The zero-order chi connectivity index (χ0) is 11.4. The molecular weight excluding hydrogens is 193 g/mol. The van der Waals surface area contributed by atoms with E-state index in [-0.39, 0.29) is 11.5 Å². The summed E-state index contributed by atoms with van der Waals surface area (Å²) in [5.41, 5.74) is 6.20. The van der Waals surface area contributed by atoms with E-state index in [1.807, 2.05) is 6.92 Å². The van der Waals surface area contributed by atoms with E-state index in [0.717, 1.165) is 18.4 Å². The molecule has 1 aromatic rings. The minimum absolute atomic E-state index is 0.243. The van der Waals surface area contributed by atoms with E-state index in [4.69, 9.17) is 5.73 Å². The molecule has 0 aliphatic carbocycles. The van der Waals surface area contributed by atoms with Crippen molar-refractivity contribution in [1.82, 2.24) is 0 Å². The molecule has 0 fully saturated rings. The van der Waals surface area contributed by atoms with Gasteiger partial charge in [-0.05, 0) is 36.1 Å². The lowest BCUT2D eigenvalue weighted by Crippen LogP contribution is -2.12. The average molecular weight is 209 g/mol. The number of carbonyl (C=O) groups is 1. The number of hydrogen-bond donors (Lipinski definition) is 1. The summed E-state index contributed by atoms with van der Waals surface area (Å²) < 4.78 is 13.2. The summed E-state index contributed by atoms with van der Waals surface area (Å²) in [6, 6.07) is 4.31. The third kappa shape index (κ3) is 3.05. The van der Waals surface area contributed by atoms with Crippen LogP contribution in [0.2, 0.25) is 0 Å². The lowest BCUT2D eigenvalue weighted by Gasteiger charge is -2.11. The SMILES string of the molecule is CCCC(C)c1cc(F)cc(C(N)=O)c1. The lowest BCUT2D eigenvalue weighted by molar-refractivity contribution is 0.0999. The van der Waals surface area contributed by atoms with Crippen LogP contribution in [0.25, 0.3) is 0 Å². The molecule has 0 aromatic heterocycles. The fourth-order valence-electron chi connectivity index (χ4n) is 1.64. The molecule has 0 radical (unpaired) electrons. The summed E-state index contributed by atoms with van der Waals surface area (Å²) in [6.45, 7) is 4.09. The van der Waals surface area contributed by atoms with Crippen molar-refractivity contribution in [2.45, 2.75) is 32.6 Å². The highest BCUT2D eigenvalue weighted by Gasteiger charge is 2.10. The van der Waals surface area contributed by atoms with Crippen molar-refractivity contribution in [3.8, 4) is 0 Å². The Labute approximate surface area is 89.3 Å². The van der Waals surface area contributed by atoms with Crippen molar-refractivity contribution in [3.63, 3.8) is 0 Å². The van der Waals surface area contributed by atoms with Crippen LogP contribution in [0.15, 0.2) is 18.2 Å². The topological polar surface area (TPSA) is 43.1 Å². The molecule has 1 atom stereocenters. The first-order valence-electron chi connectivity index (χ1n) is 5.15. The number of benzene rings is 1. The maximum atomic E-state index is 13.2. The van der Waals surface area contributed by atoms with Crippen molar-refractivity contribution in [2.24, 2.45) is 5.73 Å². The van der Waals surface area contributed by atoms with Gasteiger partial charge in [0.05, 0.1) is 0 Å². The van der Waals surface area contributed by atoms with E-state index in [2.05, 4.69) is 6.92 Å². The Morgan fingerprint density at radius 1 is 1.47 bits per heavy atom. The van der Waals surface area contributed by atoms with Gasteiger partial charge in [-0.2, -0.15) is 0 Å². The third-order valence-corrected chi connectivity index (χ3v) is 2.50.